The first-order valence-electron chi connectivity index (χ1n) is 6.07. The molecule has 1 aliphatic rings. The van der Waals surface area contributed by atoms with Crippen molar-refractivity contribution >= 4 is 0 Å². The summed E-state index contributed by atoms with van der Waals surface area (Å²) in [6, 6.07) is 7.54. The lowest BCUT2D eigenvalue weighted by atomic mass is 10.2. The number of hydrogen-bond acceptors (Lipinski definition) is 3. The van der Waals surface area contributed by atoms with Gasteiger partial charge in [-0.1, -0.05) is 6.07 Å². The predicted octanol–water partition coefficient (Wildman–Crippen LogP) is 1.65. The van der Waals surface area contributed by atoms with Gasteiger partial charge in [-0.3, -0.25) is 9.88 Å². The molecular weight excluding hydrogens is 198 g/mol. The average Bonchev–Trinajstić information content (AvgIpc) is 2.79. The van der Waals surface area contributed by atoms with E-state index in [2.05, 4.69) is 41.4 Å². The van der Waals surface area contributed by atoms with Crippen molar-refractivity contribution in [3.8, 4) is 0 Å². The first-order valence-corrected chi connectivity index (χ1v) is 6.07. The molecule has 1 aliphatic carbocycles. The third-order valence-corrected chi connectivity index (χ3v) is 3.57. The molecule has 1 aromatic heterocycles. The van der Waals surface area contributed by atoms with Gasteiger partial charge in [0.15, 0.2) is 0 Å². The largest absolute Gasteiger partial charge is 0.317 e. The maximum absolute atomic E-state index is 4.37. The van der Waals surface area contributed by atoms with Gasteiger partial charge in [-0.15, -0.1) is 0 Å². The highest BCUT2D eigenvalue weighted by atomic mass is 15.1. The summed E-state index contributed by atoms with van der Waals surface area (Å²) in [6.45, 7) is 0.960. The van der Waals surface area contributed by atoms with E-state index in [1.54, 1.807) is 0 Å². The molecule has 88 valence electrons. The molecule has 1 N–H and O–H groups in total. The molecular formula is C13H21N3. The van der Waals surface area contributed by atoms with Crippen LogP contribution < -0.4 is 5.32 Å². The Hall–Kier alpha value is -0.930. The van der Waals surface area contributed by atoms with E-state index in [1.807, 2.05) is 12.3 Å². The topological polar surface area (TPSA) is 28.2 Å². The Morgan fingerprint density at radius 3 is 2.94 bits per heavy atom. The zero-order valence-corrected chi connectivity index (χ0v) is 10.2. The van der Waals surface area contributed by atoms with Crippen molar-refractivity contribution in [1.29, 1.82) is 0 Å². The number of nitrogens with one attached hydrogen (secondary N) is 1. The molecule has 2 atom stereocenters. The molecule has 0 amide bonds. The number of hydrogen-bond donors (Lipinski definition) is 1. The second-order valence-electron chi connectivity index (χ2n) is 4.69. The van der Waals surface area contributed by atoms with Crippen molar-refractivity contribution < 1.29 is 0 Å². The van der Waals surface area contributed by atoms with Crippen LogP contribution in [0.2, 0.25) is 0 Å². The Labute approximate surface area is 97.9 Å². The Bertz CT molecular complexity index is 312. The summed E-state index contributed by atoms with van der Waals surface area (Å²) in [5.41, 5.74) is 1.16. The molecule has 2 unspecified atom stereocenters. The Balaban J connectivity index is 1.87. The molecule has 0 saturated heterocycles. The molecule has 2 rings (SSSR count). The average molecular weight is 219 g/mol. The van der Waals surface area contributed by atoms with E-state index in [1.165, 1.54) is 19.3 Å². The highest BCUT2D eigenvalue weighted by molar-refractivity contribution is 5.03. The molecule has 0 spiro atoms. The van der Waals surface area contributed by atoms with E-state index in [-0.39, 0.29) is 0 Å². The standard InChI is InChI=1S/C13H21N3/c1-14-11-6-7-13(9-11)16(2)10-12-5-3-4-8-15-12/h3-5,8,11,13-14H,6-7,9-10H2,1-2H3. The van der Waals surface area contributed by atoms with Crippen LogP contribution >= 0.6 is 0 Å². The molecule has 1 saturated carbocycles. The lowest BCUT2D eigenvalue weighted by Crippen LogP contribution is -2.31. The van der Waals surface area contributed by atoms with Crippen LogP contribution in [0, 0.1) is 0 Å². The van der Waals surface area contributed by atoms with Gasteiger partial charge >= 0.3 is 0 Å². The minimum Gasteiger partial charge on any atom is -0.317 e. The summed E-state index contributed by atoms with van der Waals surface area (Å²) in [4.78, 5) is 6.80. The molecule has 0 aliphatic heterocycles. The SMILES string of the molecule is CNC1CCC(N(C)Cc2ccccn2)C1. The summed E-state index contributed by atoms with van der Waals surface area (Å²) in [6.07, 6.45) is 5.73. The smallest absolute Gasteiger partial charge is 0.0543 e. The fourth-order valence-electron chi connectivity index (χ4n) is 2.50. The zero-order chi connectivity index (χ0) is 11.4. The van der Waals surface area contributed by atoms with Gasteiger partial charge in [0.25, 0.3) is 0 Å². The maximum atomic E-state index is 4.37. The fraction of sp³-hybridized carbons (Fsp3) is 0.615. The third-order valence-electron chi connectivity index (χ3n) is 3.57. The van der Waals surface area contributed by atoms with Gasteiger partial charge in [0.1, 0.15) is 0 Å². The van der Waals surface area contributed by atoms with Crippen molar-refractivity contribution in [2.24, 2.45) is 0 Å². The molecule has 0 bridgehead atoms. The van der Waals surface area contributed by atoms with Crippen LogP contribution in [-0.2, 0) is 6.54 Å². The second kappa shape index (κ2) is 5.41. The van der Waals surface area contributed by atoms with Crippen LogP contribution in [-0.4, -0.2) is 36.1 Å². The molecule has 3 nitrogen and oxygen atoms in total. The monoisotopic (exact) mass is 219 g/mol. The van der Waals surface area contributed by atoms with Crippen molar-refractivity contribution in [3.63, 3.8) is 0 Å². The highest BCUT2D eigenvalue weighted by Crippen LogP contribution is 2.23. The third kappa shape index (κ3) is 2.80. The van der Waals surface area contributed by atoms with Gasteiger partial charge in [0.2, 0.25) is 0 Å². The molecule has 0 aromatic carbocycles. The summed E-state index contributed by atoms with van der Waals surface area (Å²) < 4.78 is 0. The quantitative estimate of drug-likeness (QED) is 0.834. The molecule has 1 heterocycles. The van der Waals surface area contributed by atoms with E-state index in [0.29, 0.717) is 12.1 Å². The normalized spacial score (nSPS) is 25.2. The highest BCUT2D eigenvalue weighted by Gasteiger charge is 2.26. The predicted molar refractivity (Wildman–Crippen MR) is 66.2 cm³/mol. The fourth-order valence-corrected chi connectivity index (χ4v) is 2.50. The molecule has 1 fully saturated rings. The van der Waals surface area contributed by atoms with E-state index in [9.17, 15) is 0 Å². The van der Waals surface area contributed by atoms with Crippen molar-refractivity contribution in [2.45, 2.75) is 37.9 Å². The minimum absolute atomic E-state index is 0.705. The number of rotatable bonds is 4. The summed E-state index contributed by atoms with van der Waals surface area (Å²) in [5.74, 6) is 0. The Morgan fingerprint density at radius 1 is 1.44 bits per heavy atom. The van der Waals surface area contributed by atoms with Crippen LogP contribution in [0.4, 0.5) is 0 Å². The van der Waals surface area contributed by atoms with E-state index < -0.39 is 0 Å². The Morgan fingerprint density at radius 2 is 2.31 bits per heavy atom. The zero-order valence-electron chi connectivity index (χ0n) is 10.2. The number of pyridine rings is 1. The summed E-state index contributed by atoms with van der Waals surface area (Å²) >= 11 is 0. The number of nitrogens with zero attached hydrogens (tertiary/aromatic N) is 2. The van der Waals surface area contributed by atoms with Crippen molar-refractivity contribution in [2.75, 3.05) is 14.1 Å². The summed E-state index contributed by atoms with van der Waals surface area (Å²) in [7, 11) is 4.27. The van der Waals surface area contributed by atoms with Crippen LogP contribution in [0.15, 0.2) is 24.4 Å². The van der Waals surface area contributed by atoms with Gasteiger partial charge in [0, 0.05) is 24.8 Å². The lowest BCUT2D eigenvalue weighted by Gasteiger charge is -2.23. The van der Waals surface area contributed by atoms with E-state index >= 15 is 0 Å². The van der Waals surface area contributed by atoms with E-state index in [4.69, 9.17) is 0 Å². The van der Waals surface area contributed by atoms with Gasteiger partial charge < -0.3 is 5.32 Å². The summed E-state index contributed by atoms with van der Waals surface area (Å²) in [5, 5.41) is 3.37. The first kappa shape index (κ1) is 11.6. The lowest BCUT2D eigenvalue weighted by molar-refractivity contribution is 0.231. The van der Waals surface area contributed by atoms with Crippen molar-refractivity contribution in [1.82, 2.24) is 15.2 Å². The van der Waals surface area contributed by atoms with Gasteiger partial charge in [-0.2, -0.15) is 0 Å². The number of aromatic nitrogens is 1. The molecule has 3 heteroatoms. The second-order valence-corrected chi connectivity index (χ2v) is 4.69. The minimum atomic E-state index is 0.705. The van der Waals surface area contributed by atoms with Crippen LogP contribution in [0.3, 0.4) is 0 Å². The van der Waals surface area contributed by atoms with Crippen LogP contribution in [0.1, 0.15) is 25.0 Å². The first-order chi connectivity index (χ1) is 7.79. The van der Waals surface area contributed by atoms with E-state index in [0.717, 1.165) is 12.2 Å². The molecule has 0 radical (unpaired) electrons. The van der Waals surface area contributed by atoms with Gasteiger partial charge in [0.05, 0.1) is 5.69 Å². The van der Waals surface area contributed by atoms with Gasteiger partial charge in [-0.25, -0.2) is 0 Å². The molecule has 16 heavy (non-hydrogen) atoms. The van der Waals surface area contributed by atoms with Crippen molar-refractivity contribution in [3.05, 3.63) is 30.1 Å². The van der Waals surface area contributed by atoms with Crippen LogP contribution in [0.25, 0.3) is 0 Å². The molecule has 1 aromatic rings. The van der Waals surface area contributed by atoms with Gasteiger partial charge in [-0.05, 0) is 45.5 Å². The van der Waals surface area contributed by atoms with Crippen LogP contribution in [0.5, 0.6) is 0 Å². The maximum Gasteiger partial charge on any atom is 0.0543 e. The Kier molecular flexibility index (Phi) is 3.91.